The Morgan fingerprint density at radius 3 is 2.76 bits per heavy atom. The molecule has 3 rings (SSSR count). The third-order valence-corrected chi connectivity index (χ3v) is 5.00. The van der Waals surface area contributed by atoms with Crippen LogP contribution in [-0.4, -0.2) is 17.1 Å². The number of nitrogens with zero attached hydrogens (tertiary/aromatic N) is 1. The number of rotatable bonds is 5. The second-order valence-corrected chi connectivity index (χ2v) is 6.64. The molecule has 0 spiro atoms. The first-order valence-corrected chi connectivity index (χ1v) is 9.10. The number of ether oxygens (including phenoxy) is 1. The molecule has 1 saturated carbocycles. The van der Waals surface area contributed by atoms with Crippen molar-refractivity contribution in [1.82, 2.24) is 4.57 Å². The minimum absolute atomic E-state index is 0.0944. The van der Waals surface area contributed by atoms with Crippen molar-refractivity contribution in [1.29, 1.82) is 0 Å². The van der Waals surface area contributed by atoms with Crippen LogP contribution in [0.15, 0.2) is 41.8 Å². The van der Waals surface area contributed by atoms with Gasteiger partial charge in [-0.2, -0.15) is 0 Å². The van der Waals surface area contributed by atoms with Gasteiger partial charge in [0.25, 0.3) is 0 Å². The molecule has 1 aromatic heterocycles. The lowest BCUT2D eigenvalue weighted by Crippen LogP contribution is -2.21. The average molecular weight is 339 g/mol. The molecule has 0 atom stereocenters. The molecule has 0 amide bonds. The summed E-state index contributed by atoms with van der Waals surface area (Å²) in [6.45, 7) is 6.29. The fourth-order valence-electron chi connectivity index (χ4n) is 3.75. The maximum Gasteiger partial charge on any atom is 0.343 e. The van der Waals surface area contributed by atoms with Crippen molar-refractivity contribution in [2.24, 2.45) is 0 Å². The third-order valence-electron chi connectivity index (χ3n) is 5.00. The molecule has 2 aromatic rings. The molecule has 0 bridgehead atoms. The highest BCUT2D eigenvalue weighted by atomic mass is 16.5. The number of aromatic nitrogens is 1. The monoisotopic (exact) mass is 339 g/mol. The lowest BCUT2D eigenvalue weighted by Gasteiger charge is -2.22. The molecule has 1 heterocycles. The summed E-state index contributed by atoms with van der Waals surface area (Å²) in [6, 6.07) is 6.11. The lowest BCUT2D eigenvalue weighted by atomic mass is 9.83. The van der Waals surface area contributed by atoms with Crippen LogP contribution in [0.1, 0.15) is 60.9 Å². The predicted octanol–water partition coefficient (Wildman–Crippen LogP) is 4.41. The Labute approximate surface area is 148 Å². The van der Waals surface area contributed by atoms with Gasteiger partial charge < -0.3 is 9.30 Å². The van der Waals surface area contributed by atoms with Crippen molar-refractivity contribution >= 4 is 16.9 Å². The Morgan fingerprint density at radius 1 is 1.32 bits per heavy atom. The summed E-state index contributed by atoms with van der Waals surface area (Å²) >= 11 is 0. The summed E-state index contributed by atoms with van der Waals surface area (Å²) < 4.78 is 6.95. The van der Waals surface area contributed by atoms with Gasteiger partial charge >= 0.3 is 5.97 Å². The summed E-state index contributed by atoms with van der Waals surface area (Å²) in [4.78, 5) is 25.1. The van der Waals surface area contributed by atoms with E-state index in [0.29, 0.717) is 17.8 Å². The zero-order valence-corrected chi connectivity index (χ0v) is 14.8. The minimum Gasteiger partial charge on any atom is -0.462 e. The number of benzene rings is 1. The van der Waals surface area contributed by atoms with Gasteiger partial charge in [-0.05, 0) is 43.4 Å². The molecular formula is C21H25NO3. The second-order valence-electron chi connectivity index (χ2n) is 6.64. The zero-order valence-electron chi connectivity index (χ0n) is 14.8. The first-order valence-electron chi connectivity index (χ1n) is 9.10. The van der Waals surface area contributed by atoms with Crippen molar-refractivity contribution in [3.63, 3.8) is 0 Å². The largest absolute Gasteiger partial charge is 0.462 e. The highest BCUT2D eigenvalue weighted by Gasteiger charge is 2.19. The molecule has 0 N–H and O–H groups in total. The van der Waals surface area contributed by atoms with Gasteiger partial charge in [0.2, 0.25) is 5.43 Å². The lowest BCUT2D eigenvalue weighted by molar-refractivity contribution is 0.0524. The van der Waals surface area contributed by atoms with E-state index in [2.05, 4.69) is 12.6 Å². The molecule has 1 fully saturated rings. The summed E-state index contributed by atoms with van der Waals surface area (Å²) in [5.41, 5.74) is 1.89. The van der Waals surface area contributed by atoms with E-state index in [4.69, 9.17) is 4.74 Å². The molecule has 1 aliphatic rings. The van der Waals surface area contributed by atoms with Crippen LogP contribution in [0.25, 0.3) is 10.9 Å². The van der Waals surface area contributed by atoms with E-state index in [1.165, 1.54) is 37.7 Å². The zero-order chi connectivity index (χ0) is 17.8. The van der Waals surface area contributed by atoms with E-state index in [1.54, 1.807) is 19.2 Å². The van der Waals surface area contributed by atoms with Crippen LogP contribution < -0.4 is 5.43 Å². The molecule has 132 valence electrons. The molecule has 4 heteroatoms. The van der Waals surface area contributed by atoms with E-state index in [-0.39, 0.29) is 17.6 Å². The van der Waals surface area contributed by atoms with Gasteiger partial charge in [0.05, 0.1) is 12.1 Å². The number of esters is 1. The Hall–Kier alpha value is -2.36. The smallest absolute Gasteiger partial charge is 0.343 e. The predicted molar refractivity (Wildman–Crippen MR) is 100 cm³/mol. The topological polar surface area (TPSA) is 48.3 Å². The van der Waals surface area contributed by atoms with Crippen LogP contribution in [0, 0.1) is 0 Å². The van der Waals surface area contributed by atoms with Gasteiger partial charge in [0.1, 0.15) is 5.56 Å². The number of pyridine rings is 1. The van der Waals surface area contributed by atoms with Crippen LogP contribution in [0.5, 0.6) is 0 Å². The van der Waals surface area contributed by atoms with E-state index < -0.39 is 5.97 Å². The highest BCUT2D eigenvalue weighted by molar-refractivity contribution is 5.94. The van der Waals surface area contributed by atoms with Crippen molar-refractivity contribution in [3.8, 4) is 0 Å². The summed E-state index contributed by atoms with van der Waals surface area (Å²) in [6.07, 6.45) is 9.47. The maximum atomic E-state index is 12.9. The molecule has 1 aromatic carbocycles. The molecule has 1 aliphatic carbocycles. The van der Waals surface area contributed by atoms with Gasteiger partial charge in [-0.3, -0.25) is 4.79 Å². The number of carbonyl (C=O) groups is 1. The molecule has 0 unspecified atom stereocenters. The number of fused-ring (bicyclic) bond motifs is 1. The molecule has 0 aliphatic heterocycles. The summed E-state index contributed by atoms with van der Waals surface area (Å²) in [5.74, 6) is -0.0491. The molecule has 25 heavy (non-hydrogen) atoms. The SMILES string of the molecule is C=CCn1cc(C(=O)OCC)c(=O)c2cc(C3CCCCC3)ccc21. The van der Waals surface area contributed by atoms with Gasteiger partial charge in [-0.1, -0.05) is 31.4 Å². The summed E-state index contributed by atoms with van der Waals surface area (Å²) in [7, 11) is 0. The number of allylic oxidation sites excluding steroid dienone is 1. The fourth-order valence-corrected chi connectivity index (χ4v) is 3.75. The Morgan fingerprint density at radius 2 is 2.08 bits per heavy atom. The van der Waals surface area contributed by atoms with Gasteiger partial charge in [0.15, 0.2) is 0 Å². The van der Waals surface area contributed by atoms with E-state index in [9.17, 15) is 9.59 Å². The minimum atomic E-state index is -0.560. The third kappa shape index (κ3) is 3.53. The standard InChI is InChI=1S/C21H25NO3/c1-3-12-22-14-18(21(24)25-4-2)20(23)17-13-16(10-11-19(17)22)15-8-6-5-7-9-15/h3,10-11,13-15H,1,4-9,12H2,2H3. The van der Waals surface area contributed by atoms with Crippen molar-refractivity contribution in [2.75, 3.05) is 6.61 Å². The van der Waals surface area contributed by atoms with Crippen LogP contribution >= 0.6 is 0 Å². The van der Waals surface area contributed by atoms with E-state index >= 15 is 0 Å². The van der Waals surface area contributed by atoms with Crippen molar-refractivity contribution < 1.29 is 9.53 Å². The number of carbonyl (C=O) groups excluding carboxylic acids is 1. The second kappa shape index (κ2) is 7.68. The molecule has 0 saturated heterocycles. The first kappa shape index (κ1) is 17.5. The van der Waals surface area contributed by atoms with Gasteiger partial charge in [-0.15, -0.1) is 6.58 Å². The quantitative estimate of drug-likeness (QED) is 0.599. The van der Waals surface area contributed by atoms with Crippen molar-refractivity contribution in [3.05, 3.63) is 58.4 Å². The normalized spacial score (nSPS) is 15.2. The van der Waals surface area contributed by atoms with E-state index in [0.717, 1.165) is 5.52 Å². The van der Waals surface area contributed by atoms with E-state index in [1.807, 2.05) is 16.7 Å². The summed E-state index contributed by atoms with van der Waals surface area (Å²) in [5, 5.41) is 0.593. The van der Waals surface area contributed by atoms with Crippen LogP contribution in [0.4, 0.5) is 0 Å². The molecular weight excluding hydrogens is 314 g/mol. The van der Waals surface area contributed by atoms with Gasteiger partial charge in [0, 0.05) is 18.1 Å². The first-order chi connectivity index (χ1) is 12.2. The average Bonchev–Trinajstić information content (AvgIpc) is 2.64. The molecule has 4 nitrogen and oxygen atoms in total. The van der Waals surface area contributed by atoms with Gasteiger partial charge in [-0.25, -0.2) is 4.79 Å². The van der Waals surface area contributed by atoms with Crippen LogP contribution in [0.3, 0.4) is 0 Å². The van der Waals surface area contributed by atoms with Crippen molar-refractivity contribution in [2.45, 2.75) is 51.5 Å². The number of hydrogen-bond acceptors (Lipinski definition) is 3. The van der Waals surface area contributed by atoms with Crippen LogP contribution in [0.2, 0.25) is 0 Å². The Balaban J connectivity index is 2.15. The maximum absolute atomic E-state index is 12.9. The fraction of sp³-hybridized carbons (Fsp3) is 0.429. The Kier molecular flexibility index (Phi) is 5.37. The van der Waals surface area contributed by atoms with Crippen LogP contribution in [-0.2, 0) is 11.3 Å². The number of hydrogen-bond donors (Lipinski definition) is 0. The molecule has 0 radical (unpaired) electrons. The Bertz CT molecular complexity index is 844. The highest BCUT2D eigenvalue weighted by Crippen LogP contribution is 2.33.